The molecule has 20 heavy (non-hydrogen) atoms. The molecule has 5 heteroatoms. The number of aryl methyl sites for hydroxylation is 1. The van der Waals surface area contributed by atoms with Crippen LogP contribution < -0.4 is 10.6 Å². The van der Waals surface area contributed by atoms with Crippen LogP contribution in [0.3, 0.4) is 0 Å². The van der Waals surface area contributed by atoms with Crippen molar-refractivity contribution in [2.24, 2.45) is 4.99 Å². The lowest BCUT2D eigenvalue weighted by molar-refractivity contribution is 0.535. The number of nitrogens with zero attached hydrogens (tertiary/aromatic N) is 1. The minimum Gasteiger partial charge on any atom is -0.459 e. The molecule has 1 aromatic heterocycles. The molecule has 2 aromatic rings. The Kier molecular flexibility index (Phi) is 6.39. The first kappa shape index (κ1) is 16.4. The maximum Gasteiger partial charge on any atom is 0.192 e. The summed E-state index contributed by atoms with van der Waals surface area (Å²) in [5.41, 5.74) is 2.05. The Labute approximate surface area is 136 Å². The fourth-order valence-corrected chi connectivity index (χ4v) is 1.91. The van der Waals surface area contributed by atoms with Crippen LogP contribution in [0.5, 0.6) is 0 Å². The highest BCUT2D eigenvalue weighted by atomic mass is 127. The number of nitrogens with one attached hydrogen (secondary N) is 2. The first-order valence-electron chi connectivity index (χ1n) is 6.11. The quantitative estimate of drug-likeness (QED) is 0.371. The number of furan rings is 1. The van der Waals surface area contributed by atoms with Crippen molar-refractivity contribution in [2.45, 2.75) is 13.5 Å². The van der Waals surface area contributed by atoms with Crippen LogP contribution in [-0.2, 0) is 6.54 Å². The molecule has 1 aromatic carbocycles. The van der Waals surface area contributed by atoms with Crippen molar-refractivity contribution in [2.75, 3.05) is 13.6 Å². The second-order valence-corrected chi connectivity index (χ2v) is 4.13. The van der Waals surface area contributed by atoms with Gasteiger partial charge in [0.15, 0.2) is 5.96 Å². The normalized spacial score (nSPS) is 10.8. The lowest BCUT2D eigenvalue weighted by Gasteiger charge is -2.08. The predicted molar refractivity (Wildman–Crippen MR) is 93.4 cm³/mol. The average molecular weight is 383 g/mol. The van der Waals surface area contributed by atoms with E-state index in [-0.39, 0.29) is 24.0 Å². The van der Waals surface area contributed by atoms with Gasteiger partial charge in [-0.2, -0.15) is 0 Å². The van der Waals surface area contributed by atoms with Crippen molar-refractivity contribution >= 4 is 40.9 Å². The summed E-state index contributed by atoms with van der Waals surface area (Å²) in [5, 5.41) is 7.32. The van der Waals surface area contributed by atoms with Crippen molar-refractivity contribution < 1.29 is 4.42 Å². The molecule has 0 aliphatic rings. The fourth-order valence-electron chi connectivity index (χ4n) is 1.91. The van der Waals surface area contributed by atoms with Gasteiger partial charge < -0.3 is 15.1 Å². The van der Waals surface area contributed by atoms with Crippen LogP contribution in [0.15, 0.2) is 33.7 Å². The van der Waals surface area contributed by atoms with Crippen LogP contribution in [0.25, 0.3) is 11.0 Å². The molecule has 0 saturated heterocycles. The standard InChI is InChI=1S/C15H17N3O.HI/c1-4-9-17-15(16-3)18-10-14-11(2)12-7-5-6-8-13(12)19-14;/h1,5-8H,9-10H2,2-3H3,(H2,16,17,18);1H. The summed E-state index contributed by atoms with van der Waals surface area (Å²) in [6.07, 6.45) is 5.20. The van der Waals surface area contributed by atoms with E-state index in [4.69, 9.17) is 10.8 Å². The summed E-state index contributed by atoms with van der Waals surface area (Å²) in [7, 11) is 1.71. The molecule has 0 atom stereocenters. The number of para-hydroxylation sites is 1. The Bertz CT molecular complexity index is 640. The molecule has 4 nitrogen and oxygen atoms in total. The number of terminal acetylenes is 1. The van der Waals surface area contributed by atoms with Crippen LogP contribution in [0.1, 0.15) is 11.3 Å². The van der Waals surface area contributed by atoms with Crippen LogP contribution >= 0.6 is 24.0 Å². The van der Waals surface area contributed by atoms with Gasteiger partial charge in [0.1, 0.15) is 11.3 Å². The number of fused-ring (bicyclic) bond motifs is 1. The summed E-state index contributed by atoms with van der Waals surface area (Å²) in [6, 6.07) is 8.01. The summed E-state index contributed by atoms with van der Waals surface area (Å²) >= 11 is 0. The van der Waals surface area contributed by atoms with E-state index in [1.807, 2.05) is 18.2 Å². The molecular weight excluding hydrogens is 365 g/mol. The number of hydrogen-bond donors (Lipinski definition) is 2. The molecule has 0 amide bonds. The SMILES string of the molecule is C#CCNC(=NC)NCc1oc2ccccc2c1C.I. The minimum atomic E-state index is 0. The Hall–Kier alpha value is -1.68. The zero-order chi connectivity index (χ0) is 13.7. The second-order valence-electron chi connectivity index (χ2n) is 4.13. The van der Waals surface area contributed by atoms with Gasteiger partial charge >= 0.3 is 0 Å². The molecule has 1 heterocycles. The lowest BCUT2D eigenvalue weighted by Crippen LogP contribution is -2.36. The zero-order valence-electron chi connectivity index (χ0n) is 11.6. The van der Waals surface area contributed by atoms with E-state index in [9.17, 15) is 0 Å². The summed E-state index contributed by atoms with van der Waals surface area (Å²) in [6.45, 7) is 3.07. The van der Waals surface area contributed by atoms with Crippen molar-refractivity contribution in [3.8, 4) is 12.3 Å². The Morgan fingerprint density at radius 2 is 2.10 bits per heavy atom. The average Bonchev–Trinajstić information content (AvgIpc) is 2.76. The third-order valence-electron chi connectivity index (χ3n) is 2.94. The molecule has 0 spiro atoms. The summed E-state index contributed by atoms with van der Waals surface area (Å²) in [5.74, 6) is 4.08. The van der Waals surface area contributed by atoms with Gasteiger partial charge in [0.25, 0.3) is 0 Å². The maximum absolute atomic E-state index is 5.81. The predicted octanol–water partition coefficient (Wildman–Crippen LogP) is 2.66. The summed E-state index contributed by atoms with van der Waals surface area (Å²) < 4.78 is 5.81. The van der Waals surface area contributed by atoms with Crippen LogP contribution in [0, 0.1) is 19.3 Å². The molecule has 0 aliphatic carbocycles. The van der Waals surface area contributed by atoms with Crippen molar-refractivity contribution in [3.63, 3.8) is 0 Å². The Morgan fingerprint density at radius 3 is 2.75 bits per heavy atom. The minimum absolute atomic E-state index is 0. The van der Waals surface area contributed by atoms with Gasteiger partial charge in [-0.3, -0.25) is 4.99 Å². The third-order valence-corrected chi connectivity index (χ3v) is 2.94. The molecule has 0 radical (unpaired) electrons. The zero-order valence-corrected chi connectivity index (χ0v) is 13.9. The highest BCUT2D eigenvalue weighted by molar-refractivity contribution is 14.0. The maximum atomic E-state index is 5.81. The first-order valence-corrected chi connectivity index (χ1v) is 6.11. The van der Waals surface area contributed by atoms with E-state index < -0.39 is 0 Å². The first-order chi connectivity index (χ1) is 9.26. The van der Waals surface area contributed by atoms with Gasteiger partial charge in [-0.25, -0.2) is 0 Å². The molecule has 2 rings (SSSR count). The van der Waals surface area contributed by atoms with E-state index in [0.29, 0.717) is 19.0 Å². The molecule has 0 unspecified atom stereocenters. The van der Waals surface area contributed by atoms with E-state index in [1.165, 1.54) is 0 Å². The van der Waals surface area contributed by atoms with Gasteiger partial charge in [0.05, 0.1) is 13.1 Å². The second kappa shape index (κ2) is 7.80. The molecule has 106 valence electrons. The van der Waals surface area contributed by atoms with Crippen molar-refractivity contribution in [3.05, 3.63) is 35.6 Å². The van der Waals surface area contributed by atoms with Gasteiger partial charge in [0.2, 0.25) is 0 Å². The van der Waals surface area contributed by atoms with Crippen molar-refractivity contribution in [1.82, 2.24) is 10.6 Å². The Morgan fingerprint density at radius 1 is 1.35 bits per heavy atom. The van der Waals surface area contributed by atoms with Crippen LogP contribution in [0.4, 0.5) is 0 Å². The van der Waals surface area contributed by atoms with Crippen molar-refractivity contribution in [1.29, 1.82) is 0 Å². The molecule has 0 bridgehead atoms. The third kappa shape index (κ3) is 3.67. The number of benzene rings is 1. The molecule has 0 fully saturated rings. The van der Waals surface area contributed by atoms with E-state index in [2.05, 4.69) is 34.5 Å². The monoisotopic (exact) mass is 383 g/mol. The van der Waals surface area contributed by atoms with E-state index >= 15 is 0 Å². The topological polar surface area (TPSA) is 49.6 Å². The fraction of sp³-hybridized carbons (Fsp3) is 0.267. The smallest absolute Gasteiger partial charge is 0.192 e. The van der Waals surface area contributed by atoms with E-state index in [0.717, 1.165) is 22.3 Å². The Balaban J connectivity index is 0.00000200. The number of hydrogen-bond acceptors (Lipinski definition) is 2. The highest BCUT2D eigenvalue weighted by Crippen LogP contribution is 2.24. The van der Waals surface area contributed by atoms with Gasteiger partial charge in [-0.05, 0) is 13.0 Å². The van der Waals surface area contributed by atoms with Gasteiger partial charge in [-0.1, -0.05) is 24.1 Å². The molecule has 2 N–H and O–H groups in total. The number of guanidine groups is 1. The molecule has 0 aliphatic heterocycles. The number of halogens is 1. The van der Waals surface area contributed by atoms with Crippen LogP contribution in [0.2, 0.25) is 0 Å². The molecule has 0 saturated carbocycles. The lowest BCUT2D eigenvalue weighted by atomic mass is 10.1. The molecular formula is C15H18IN3O. The van der Waals surface area contributed by atoms with E-state index in [1.54, 1.807) is 7.05 Å². The van der Waals surface area contributed by atoms with Crippen LogP contribution in [-0.4, -0.2) is 19.6 Å². The highest BCUT2D eigenvalue weighted by Gasteiger charge is 2.09. The number of aliphatic imine (C=N–C) groups is 1. The largest absolute Gasteiger partial charge is 0.459 e. The van der Waals surface area contributed by atoms with Gasteiger partial charge in [-0.15, -0.1) is 30.4 Å². The summed E-state index contributed by atoms with van der Waals surface area (Å²) in [4.78, 5) is 4.08. The van der Waals surface area contributed by atoms with Gasteiger partial charge in [0, 0.05) is 18.0 Å². The number of rotatable bonds is 3.